The van der Waals surface area contributed by atoms with Crippen LogP contribution in [0.15, 0.2) is 41.3 Å². The molecule has 0 spiro atoms. The number of benzene rings is 2. The number of thioether (sulfide) groups is 1. The second kappa shape index (κ2) is 7.85. The first-order valence-electron chi connectivity index (χ1n) is 7.80. The van der Waals surface area contributed by atoms with E-state index in [0.717, 1.165) is 17.8 Å². The van der Waals surface area contributed by atoms with Gasteiger partial charge in [-0.15, -0.1) is 0 Å². The topological polar surface area (TPSA) is 136 Å². The van der Waals surface area contributed by atoms with E-state index >= 15 is 0 Å². The van der Waals surface area contributed by atoms with E-state index in [0.29, 0.717) is 5.69 Å². The van der Waals surface area contributed by atoms with Crippen molar-refractivity contribution in [1.82, 2.24) is 0 Å². The summed E-state index contributed by atoms with van der Waals surface area (Å²) in [5, 5.41) is 31.8. The van der Waals surface area contributed by atoms with Crippen molar-refractivity contribution >= 4 is 57.3 Å². The number of phenols is 1. The van der Waals surface area contributed by atoms with Gasteiger partial charge >= 0.3 is 5.69 Å². The average Bonchev–Trinajstić information content (AvgIpc) is 2.96. The number of ether oxygens (including phenoxy) is 1. The minimum atomic E-state index is -0.767. The van der Waals surface area contributed by atoms with Gasteiger partial charge in [-0.25, -0.2) is 0 Å². The maximum Gasteiger partial charge on any atom is 0.315 e. The number of nitrogens with zero attached hydrogens (tertiary/aromatic N) is 3. The molecule has 10 nitrogen and oxygen atoms in total. The summed E-state index contributed by atoms with van der Waals surface area (Å²) < 4.78 is 5.15. The van der Waals surface area contributed by atoms with Crippen LogP contribution < -0.4 is 9.64 Å². The molecule has 0 saturated carbocycles. The van der Waals surface area contributed by atoms with Crippen LogP contribution in [0.3, 0.4) is 0 Å². The lowest BCUT2D eigenvalue weighted by atomic mass is 10.1. The van der Waals surface area contributed by atoms with Crippen LogP contribution >= 0.6 is 24.0 Å². The summed E-state index contributed by atoms with van der Waals surface area (Å²) in [4.78, 5) is 34.8. The first kappa shape index (κ1) is 20.2. The van der Waals surface area contributed by atoms with Gasteiger partial charge in [0.1, 0.15) is 0 Å². The van der Waals surface area contributed by atoms with E-state index in [1.54, 1.807) is 0 Å². The van der Waals surface area contributed by atoms with Crippen LogP contribution in [0.1, 0.15) is 5.56 Å². The molecule has 1 aliphatic rings. The van der Waals surface area contributed by atoms with Crippen LogP contribution in [0.4, 0.5) is 17.1 Å². The van der Waals surface area contributed by atoms with Crippen molar-refractivity contribution in [3.05, 3.63) is 67.1 Å². The fourth-order valence-electron chi connectivity index (χ4n) is 2.56. The van der Waals surface area contributed by atoms with Gasteiger partial charge in [0.25, 0.3) is 11.6 Å². The predicted octanol–water partition coefficient (Wildman–Crippen LogP) is 3.62. The van der Waals surface area contributed by atoms with Crippen molar-refractivity contribution in [1.29, 1.82) is 0 Å². The number of hydrogen-bond acceptors (Lipinski definition) is 9. The largest absolute Gasteiger partial charge is 0.500 e. The number of hydrogen-bond donors (Lipinski definition) is 1. The van der Waals surface area contributed by atoms with Crippen molar-refractivity contribution in [2.75, 3.05) is 12.0 Å². The Morgan fingerprint density at radius 3 is 2.38 bits per heavy atom. The number of carbonyl (C=O) groups excluding carboxylic acids is 1. The Kier molecular flexibility index (Phi) is 5.48. The fourth-order valence-corrected chi connectivity index (χ4v) is 3.86. The first-order valence-corrected chi connectivity index (χ1v) is 9.03. The van der Waals surface area contributed by atoms with Gasteiger partial charge in [-0.3, -0.25) is 29.9 Å². The molecule has 0 aromatic heterocycles. The smallest absolute Gasteiger partial charge is 0.315 e. The number of phenolic OH excluding ortho intramolecular Hbond substituents is 1. The molecule has 2 aromatic carbocycles. The number of nitro groups is 2. The Morgan fingerprint density at radius 2 is 1.83 bits per heavy atom. The Morgan fingerprint density at radius 1 is 1.17 bits per heavy atom. The third-order valence-electron chi connectivity index (χ3n) is 3.90. The molecule has 0 unspecified atom stereocenters. The number of aromatic hydroxyl groups is 1. The van der Waals surface area contributed by atoms with E-state index in [1.165, 1.54) is 48.4 Å². The summed E-state index contributed by atoms with van der Waals surface area (Å²) in [6.45, 7) is 0. The molecule has 0 aliphatic carbocycles. The number of nitro benzene ring substituents is 2. The van der Waals surface area contributed by atoms with Crippen molar-refractivity contribution < 1.29 is 24.5 Å². The number of thiocarbonyl (C=S) groups is 1. The normalized spacial score (nSPS) is 15.1. The van der Waals surface area contributed by atoms with E-state index in [-0.39, 0.29) is 26.2 Å². The quantitative estimate of drug-likeness (QED) is 0.324. The molecule has 0 atom stereocenters. The monoisotopic (exact) mass is 433 g/mol. The Labute approximate surface area is 172 Å². The summed E-state index contributed by atoms with van der Waals surface area (Å²) in [7, 11) is 1.25. The molecule has 12 heteroatoms. The summed E-state index contributed by atoms with van der Waals surface area (Å²) in [5.41, 5.74) is -0.0778. The van der Waals surface area contributed by atoms with Gasteiger partial charge < -0.3 is 9.84 Å². The van der Waals surface area contributed by atoms with Crippen LogP contribution in [-0.2, 0) is 4.79 Å². The lowest BCUT2D eigenvalue weighted by molar-refractivity contribution is -0.386. The zero-order valence-corrected chi connectivity index (χ0v) is 16.2. The summed E-state index contributed by atoms with van der Waals surface area (Å²) >= 11 is 6.21. The number of rotatable bonds is 5. The molecule has 0 bridgehead atoms. The molecule has 1 saturated heterocycles. The highest BCUT2D eigenvalue weighted by Gasteiger charge is 2.34. The van der Waals surface area contributed by atoms with Gasteiger partial charge in [-0.2, -0.15) is 0 Å². The lowest BCUT2D eigenvalue weighted by Crippen LogP contribution is -2.27. The summed E-state index contributed by atoms with van der Waals surface area (Å²) in [6, 6.07) is 7.77. The summed E-state index contributed by atoms with van der Waals surface area (Å²) in [5.74, 6) is -1.21. The second-order valence-electron chi connectivity index (χ2n) is 5.64. The van der Waals surface area contributed by atoms with Crippen LogP contribution in [0, 0.1) is 20.2 Å². The van der Waals surface area contributed by atoms with Crippen molar-refractivity contribution in [3.8, 4) is 11.5 Å². The molecular weight excluding hydrogens is 422 g/mol. The van der Waals surface area contributed by atoms with Gasteiger partial charge in [0.2, 0.25) is 5.75 Å². The third-order valence-corrected chi connectivity index (χ3v) is 5.21. The van der Waals surface area contributed by atoms with E-state index < -0.39 is 27.2 Å². The van der Waals surface area contributed by atoms with E-state index in [9.17, 15) is 30.1 Å². The SMILES string of the molecule is COc1cc(/C=C2\SC(=S)N(c3ccc([N+](=O)[O-])cc3)C2=O)cc([N+](=O)[O-])c1O. The number of anilines is 1. The fraction of sp³-hybridized carbons (Fsp3) is 0.0588. The highest BCUT2D eigenvalue weighted by Crippen LogP contribution is 2.40. The molecule has 2 aromatic rings. The molecule has 0 radical (unpaired) electrons. The van der Waals surface area contributed by atoms with Crippen molar-refractivity contribution in [3.63, 3.8) is 0 Å². The van der Waals surface area contributed by atoms with E-state index in [1.807, 2.05) is 0 Å². The van der Waals surface area contributed by atoms with Gasteiger partial charge in [-0.1, -0.05) is 24.0 Å². The lowest BCUT2D eigenvalue weighted by Gasteiger charge is -2.13. The number of methoxy groups -OCH3 is 1. The van der Waals surface area contributed by atoms with Crippen LogP contribution in [0.5, 0.6) is 11.5 Å². The maximum absolute atomic E-state index is 12.8. The Hall–Kier alpha value is -3.51. The van der Waals surface area contributed by atoms with E-state index in [2.05, 4.69) is 0 Å². The van der Waals surface area contributed by atoms with Gasteiger partial charge in [0, 0.05) is 18.2 Å². The number of carbonyl (C=O) groups is 1. The van der Waals surface area contributed by atoms with Crippen LogP contribution in [-0.4, -0.2) is 32.3 Å². The molecule has 1 N–H and O–H groups in total. The van der Waals surface area contributed by atoms with Crippen LogP contribution in [0.2, 0.25) is 0 Å². The molecule has 1 amide bonds. The third kappa shape index (κ3) is 3.88. The van der Waals surface area contributed by atoms with Gasteiger partial charge in [0.15, 0.2) is 10.1 Å². The zero-order valence-electron chi connectivity index (χ0n) is 14.6. The number of amides is 1. The number of non-ortho nitro benzene ring substituents is 1. The highest BCUT2D eigenvalue weighted by molar-refractivity contribution is 8.27. The molecule has 1 aliphatic heterocycles. The molecule has 3 rings (SSSR count). The van der Waals surface area contributed by atoms with E-state index in [4.69, 9.17) is 17.0 Å². The van der Waals surface area contributed by atoms with Crippen LogP contribution in [0.25, 0.3) is 6.08 Å². The minimum Gasteiger partial charge on any atom is -0.500 e. The Balaban J connectivity index is 1.97. The van der Waals surface area contributed by atoms with Crippen molar-refractivity contribution in [2.24, 2.45) is 0 Å². The minimum absolute atomic E-state index is 0.115. The van der Waals surface area contributed by atoms with Gasteiger partial charge in [0.05, 0.1) is 27.5 Å². The second-order valence-corrected chi connectivity index (χ2v) is 7.31. The highest BCUT2D eigenvalue weighted by atomic mass is 32.2. The standard InChI is InChI=1S/C17H11N3O7S2/c1-27-13-7-9(6-12(15(13)21)20(25)26)8-14-16(22)18(17(28)29-14)10-2-4-11(5-3-10)19(23)24/h2-8,21H,1H3/b14-8-. The molecule has 1 heterocycles. The Bertz CT molecular complexity index is 1080. The predicted molar refractivity (Wildman–Crippen MR) is 110 cm³/mol. The van der Waals surface area contributed by atoms with Gasteiger partial charge in [-0.05, 0) is 29.8 Å². The molecule has 1 fully saturated rings. The molecule has 29 heavy (non-hydrogen) atoms. The summed E-state index contributed by atoms with van der Waals surface area (Å²) in [6.07, 6.45) is 1.39. The zero-order chi connectivity index (χ0) is 21.3. The first-order chi connectivity index (χ1) is 13.7. The molecular formula is C17H11N3O7S2. The average molecular weight is 433 g/mol. The molecule has 148 valence electrons. The maximum atomic E-state index is 12.8. The van der Waals surface area contributed by atoms with Crippen molar-refractivity contribution in [2.45, 2.75) is 0 Å².